The van der Waals surface area contributed by atoms with E-state index in [1.807, 2.05) is 42.5 Å². The van der Waals surface area contributed by atoms with E-state index in [2.05, 4.69) is 11.0 Å². The predicted molar refractivity (Wildman–Crippen MR) is 114 cm³/mol. The summed E-state index contributed by atoms with van der Waals surface area (Å²) in [6.07, 6.45) is 2.94. The molecule has 2 aromatic rings. The highest BCUT2D eigenvalue weighted by Gasteiger charge is 2.42. The second kappa shape index (κ2) is 9.04. The van der Waals surface area contributed by atoms with E-state index in [4.69, 9.17) is 14.7 Å². The number of likely N-dealkylation sites (tertiary alicyclic amines) is 1. The number of rotatable bonds is 4. The molecule has 0 radical (unpaired) electrons. The van der Waals surface area contributed by atoms with Crippen molar-refractivity contribution in [3.8, 4) is 17.6 Å². The second-order valence-electron chi connectivity index (χ2n) is 7.81. The van der Waals surface area contributed by atoms with Gasteiger partial charge in [-0.05, 0) is 55.2 Å². The molecule has 29 heavy (non-hydrogen) atoms. The second-order valence-corrected chi connectivity index (χ2v) is 7.81. The Labute approximate surface area is 178 Å². The summed E-state index contributed by atoms with van der Waals surface area (Å²) < 4.78 is 11.7. The molecule has 0 aromatic heterocycles. The maximum Gasteiger partial charge on any atom is 0.126 e. The number of piperidine rings is 1. The monoisotopic (exact) mass is 414 g/mol. The summed E-state index contributed by atoms with van der Waals surface area (Å²) in [5, 5.41) is 19.6. The van der Waals surface area contributed by atoms with E-state index < -0.39 is 6.10 Å². The molecule has 5 nitrogen and oxygen atoms in total. The lowest BCUT2D eigenvalue weighted by molar-refractivity contribution is -0.0537. The number of benzene rings is 2. The van der Waals surface area contributed by atoms with Crippen LogP contribution in [-0.2, 0) is 6.42 Å². The van der Waals surface area contributed by atoms with Crippen molar-refractivity contribution in [2.75, 3.05) is 26.7 Å². The van der Waals surface area contributed by atoms with Crippen LogP contribution in [0.5, 0.6) is 11.5 Å². The first-order chi connectivity index (χ1) is 13.6. The van der Waals surface area contributed by atoms with Crippen molar-refractivity contribution >= 4 is 12.4 Å². The minimum absolute atomic E-state index is 0. The number of nitrogens with zero attached hydrogens (tertiary/aromatic N) is 2. The van der Waals surface area contributed by atoms with Gasteiger partial charge >= 0.3 is 0 Å². The van der Waals surface area contributed by atoms with Gasteiger partial charge in [-0.3, -0.25) is 0 Å². The van der Waals surface area contributed by atoms with Crippen molar-refractivity contribution in [2.24, 2.45) is 0 Å². The Kier molecular flexibility index (Phi) is 6.69. The van der Waals surface area contributed by atoms with E-state index >= 15 is 0 Å². The van der Waals surface area contributed by atoms with Gasteiger partial charge in [-0.1, -0.05) is 12.1 Å². The topological polar surface area (TPSA) is 65.7 Å². The van der Waals surface area contributed by atoms with Crippen LogP contribution in [0.4, 0.5) is 0 Å². The van der Waals surface area contributed by atoms with Gasteiger partial charge in [0.1, 0.15) is 17.1 Å². The lowest BCUT2D eigenvalue weighted by Gasteiger charge is -2.46. The molecule has 1 saturated heterocycles. The molecular formula is C23H27ClN2O3. The van der Waals surface area contributed by atoms with Crippen LogP contribution in [0.1, 0.15) is 42.1 Å². The van der Waals surface area contributed by atoms with Gasteiger partial charge in [-0.25, -0.2) is 0 Å². The third kappa shape index (κ3) is 4.67. The molecule has 0 bridgehead atoms. The number of fused-ring (bicyclic) bond motifs is 1. The highest BCUT2D eigenvalue weighted by Crippen LogP contribution is 2.45. The number of methoxy groups -OCH3 is 1. The lowest BCUT2D eigenvalue weighted by atomic mass is 9.81. The average Bonchev–Trinajstić information content (AvgIpc) is 2.73. The van der Waals surface area contributed by atoms with Crippen molar-refractivity contribution in [3.63, 3.8) is 0 Å². The van der Waals surface area contributed by atoms with E-state index in [1.165, 1.54) is 5.56 Å². The first-order valence-electron chi connectivity index (χ1n) is 9.87. The van der Waals surface area contributed by atoms with Crippen molar-refractivity contribution in [1.82, 2.24) is 4.90 Å². The van der Waals surface area contributed by atoms with Crippen LogP contribution in [0.3, 0.4) is 0 Å². The van der Waals surface area contributed by atoms with Gasteiger partial charge in [-0.15, -0.1) is 12.4 Å². The molecule has 4 rings (SSSR count). The number of nitriles is 1. The molecule has 2 aliphatic rings. The number of halogens is 1. The predicted octanol–water partition coefficient (Wildman–Crippen LogP) is 3.88. The Morgan fingerprint density at radius 2 is 1.93 bits per heavy atom. The molecule has 6 heteroatoms. The minimum Gasteiger partial charge on any atom is -0.497 e. The van der Waals surface area contributed by atoms with Gasteiger partial charge < -0.3 is 19.5 Å². The first-order valence-corrected chi connectivity index (χ1v) is 9.87. The average molecular weight is 415 g/mol. The minimum atomic E-state index is -0.510. The van der Waals surface area contributed by atoms with Gasteiger partial charge in [-0.2, -0.15) is 5.26 Å². The summed E-state index contributed by atoms with van der Waals surface area (Å²) in [4.78, 5) is 2.46. The third-order valence-corrected chi connectivity index (χ3v) is 6.03. The summed E-state index contributed by atoms with van der Waals surface area (Å²) in [6, 6.07) is 15.7. The first kappa shape index (κ1) is 21.4. The van der Waals surface area contributed by atoms with E-state index in [-0.39, 0.29) is 18.0 Å². The van der Waals surface area contributed by atoms with E-state index in [1.54, 1.807) is 7.11 Å². The highest BCUT2D eigenvalue weighted by atomic mass is 35.5. The number of hydrogen-bond acceptors (Lipinski definition) is 5. The Morgan fingerprint density at radius 1 is 1.21 bits per heavy atom. The Balaban J connectivity index is 0.00000240. The smallest absolute Gasteiger partial charge is 0.126 e. The van der Waals surface area contributed by atoms with Gasteiger partial charge in [0.25, 0.3) is 0 Å². The van der Waals surface area contributed by atoms with Gasteiger partial charge in [0.15, 0.2) is 0 Å². The number of aliphatic hydroxyl groups is 1. The zero-order valence-corrected chi connectivity index (χ0v) is 17.5. The third-order valence-electron chi connectivity index (χ3n) is 6.03. The molecule has 154 valence electrons. The standard InChI is InChI=1S/C23H26N2O3.ClH/c1-27-19-6-7-22-20(14-19)21(26)15-23(28-22)9-12-25(13-10-23)11-8-17-2-4-18(16-24)5-3-17;/h2-7,14,21,26H,8-13,15H2,1H3;1H/t21-;/m0./s1. The highest BCUT2D eigenvalue weighted by molar-refractivity contribution is 5.85. The lowest BCUT2D eigenvalue weighted by Crippen LogP contribution is -2.50. The summed E-state index contributed by atoms with van der Waals surface area (Å²) in [5.74, 6) is 1.53. The Bertz CT molecular complexity index is 871. The van der Waals surface area contributed by atoms with Crippen LogP contribution >= 0.6 is 12.4 Å². The molecule has 0 saturated carbocycles. The Morgan fingerprint density at radius 3 is 2.59 bits per heavy atom. The molecule has 1 atom stereocenters. The van der Waals surface area contributed by atoms with E-state index in [9.17, 15) is 5.11 Å². The summed E-state index contributed by atoms with van der Waals surface area (Å²) in [7, 11) is 1.63. The van der Waals surface area contributed by atoms with Gasteiger partial charge in [0.05, 0.1) is 24.8 Å². The molecular weight excluding hydrogens is 388 g/mol. The number of hydrogen-bond donors (Lipinski definition) is 1. The fourth-order valence-corrected chi connectivity index (χ4v) is 4.27. The fraction of sp³-hybridized carbons (Fsp3) is 0.435. The van der Waals surface area contributed by atoms with Crippen LogP contribution in [0.2, 0.25) is 0 Å². The maximum atomic E-state index is 10.7. The maximum absolute atomic E-state index is 10.7. The zero-order valence-electron chi connectivity index (χ0n) is 16.6. The quantitative estimate of drug-likeness (QED) is 0.822. The van der Waals surface area contributed by atoms with Crippen molar-refractivity contribution in [3.05, 3.63) is 59.2 Å². The van der Waals surface area contributed by atoms with Crippen molar-refractivity contribution < 1.29 is 14.6 Å². The molecule has 0 amide bonds. The molecule has 2 aromatic carbocycles. The van der Waals surface area contributed by atoms with Crippen LogP contribution < -0.4 is 9.47 Å². The van der Waals surface area contributed by atoms with E-state index in [0.29, 0.717) is 12.0 Å². The van der Waals surface area contributed by atoms with Crippen molar-refractivity contribution in [1.29, 1.82) is 5.26 Å². The van der Waals surface area contributed by atoms with Crippen LogP contribution in [0.25, 0.3) is 0 Å². The number of aliphatic hydroxyl groups excluding tert-OH is 1. The number of ether oxygens (including phenoxy) is 2. The fourth-order valence-electron chi connectivity index (χ4n) is 4.27. The van der Waals surface area contributed by atoms with Crippen LogP contribution in [-0.4, -0.2) is 42.4 Å². The van der Waals surface area contributed by atoms with Crippen LogP contribution in [0, 0.1) is 11.3 Å². The SMILES string of the molecule is COc1ccc2c(c1)[C@@H](O)CC1(CCN(CCc3ccc(C#N)cc3)CC1)O2.Cl. The molecule has 0 aliphatic carbocycles. The summed E-state index contributed by atoms with van der Waals surface area (Å²) in [5.41, 5.74) is 2.51. The molecule has 1 N–H and O–H groups in total. The molecule has 1 spiro atoms. The molecule has 1 fully saturated rings. The van der Waals surface area contributed by atoms with Gasteiger partial charge in [0.2, 0.25) is 0 Å². The van der Waals surface area contributed by atoms with Gasteiger partial charge in [0, 0.05) is 31.6 Å². The summed E-state index contributed by atoms with van der Waals surface area (Å²) >= 11 is 0. The molecule has 2 heterocycles. The van der Waals surface area contributed by atoms with Crippen molar-refractivity contribution in [2.45, 2.75) is 37.4 Å². The summed E-state index contributed by atoms with van der Waals surface area (Å²) in [6.45, 7) is 2.93. The molecule has 0 unspecified atom stereocenters. The Hall–Kier alpha value is -2.26. The normalized spacial score (nSPS) is 20.1. The van der Waals surface area contributed by atoms with E-state index in [0.717, 1.165) is 56.0 Å². The zero-order chi connectivity index (χ0) is 19.6. The molecule has 2 aliphatic heterocycles. The largest absolute Gasteiger partial charge is 0.497 e. The van der Waals surface area contributed by atoms with Crippen LogP contribution in [0.15, 0.2) is 42.5 Å².